The molecule has 0 heterocycles. The van der Waals surface area contributed by atoms with Crippen molar-refractivity contribution in [3.8, 4) is 5.75 Å². The Bertz CT molecular complexity index is 906. The van der Waals surface area contributed by atoms with Gasteiger partial charge in [-0.25, -0.2) is 13.1 Å². The molecule has 0 saturated carbocycles. The number of hydrogen-bond donors (Lipinski definition) is 2. The van der Waals surface area contributed by atoms with Gasteiger partial charge in [0, 0.05) is 12.2 Å². The number of sulfonamides is 1. The predicted octanol–water partition coefficient (Wildman–Crippen LogP) is 3.83. The minimum atomic E-state index is -3.60. The van der Waals surface area contributed by atoms with Crippen LogP contribution >= 0.6 is 0 Å². The number of benzene rings is 2. The molecule has 2 aromatic carbocycles. The van der Waals surface area contributed by atoms with E-state index in [0.29, 0.717) is 29.5 Å². The summed E-state index contributed by atoms with van der Waals surface area (Å²) >= 11 is 0. The van der Waals surface area contributed by atoms with Gasteiger partial charge in [-0.05, 0) is 48.7 Å². The van der Waals surface area contributed by atoms with Crippen molar-refractivity contribution in [2.75, 3.05) is 18.5 Å². The molecule has 6 nitrogen and oxygen atoms in total. The lowest BCUT2D eigenvalue weighted by Gasteiger charge is -2.13. The molecule has 150 valence electrons. The zero-order chi connectivity index (χ0) is 20.6. The second kappa shape index (κ2) is 10.1. The maximum atomic E-state index is 12.6. The van der Waals surface area contributed by atoms with Gasteiger partial charge in [0.15, 0.2) is 0 Å². The highest BCUT2D eigenvalue weighted by molar-refractivity contribution is 7.89. The molecule has 0 aliphatic heterocycles. The number of ether oxygens (including phenoxy) is 1. The fraction of sp³-hybridized carbons (Fsp3) is 0.286. The van der Waals surface area contributed by atoms with Crippen molar-refractivity contribution < 1.29 is 17.9 Å². The molecular weight excluding hydrogens is 376 g/mol. The maximum Gasteiger partial charge on any atom is 0.259 e. The molecule has 0 bridgehead atoms. The monoisotopic (exact) mass is 402 g/mol. The molecule has 0 fully saturated rings. The van der Waals surface area contributed by atoms with Gasteiger partial charge in [0.2, 0.25) is 10.0 Å². The Balaban J connectivity index is 2.08. The van der Waals surface area contributed by atoms with Crippen LogP contribution in [0.1, 0.15) is 30.6 Å². The molecule has 2 aromatic rings. The van der Waals surface area contributed by atoms with Crippen LogP contribution in [0.2, 0.25) is 0 Å². The fourth-order valence-corrected chi connectivity index (χ4v) is 3.35. The lowest BCUT2D eigenvalue weighted by atomic mass is 10.1. The molecule has 7 heteroatoms. The van der Waals surface area contributed by atoms with Gasteiger partial charge in [0.05, 0.1) is 17.1 Å². The zero-order valence-corrected chi connectivity index (χ0v) is 17.0. The Kier molecular flexibility index (Phi) is 7.78. The van der Waals surface area contributed by atoms with E-state index in [4.69, 9.17) is 4.74 Å². The third-order valence-corrected chi connectivity index (χ3v) is 5.36. The highest BCUT2D eigenvalue weighted by atomic mass is 32.2. The van der Waals surface area contributed by atoms with Gasteiger partial charge in [0.1, 0.15) is 5.75 Å². The first kappa shape index (κ1) is 21.7. The van der Waals surface area contributed by atoms with E-state index in [1.165, 1.54) is 18.2 Å². The lowest BCUT2D eigenvalue weighted by molar-refractivity contribution is 0.102. The van der Waals surface area contributed by atoms with Gasteiger partial charge in [-0.15, -0.1) is 6.58 Å². The molecule has 0 saturated heterocycles. The SMILES string of the molecule is C=CCNS(=O)(=O)c1ccc(NC(=O)c2ccccc2OCCC(C)C)cc1. The summed E-state index contributed by atoms with van der Waals surface area (Å²) in [4.78, 5) is 12.7. The molecule has 0 aliphatic rings. The first-order valence-corrected chi connectivity index (χ1v) is 10.6. The number of carbonyl (C=O) groups is 1. The Labute approximate surface area is 166 Å². The van der Waals surface area contributed by atoms with Gasteiger partial charge in [-0.2, -0.15) is 0 Å². The summed E-state index contributed by atoms with van der Waals surface area (Å²) in [5.74, 6) is 0.714. The number of anilines is 1. The number of nitrogens with one attached hydrogen (secondary N) is 2. The highest BCUT2D eigenvalue weighted by Gasteiger charge is 2.15. The molecule has 2 N–H and O–H groups in total. The van der Waals surface area contributed by atoms with E-state index in [1.54, 1.807) is 30.3 Å². The molecule has 0 atom stereocenters. The molecule has 0 aliphatic carbocycles. The minimum absolute atomic E-state index is 0.116. The fourth-order valence-electron chi connectivity index (χ4n) is 2.35. The van der Waals surface area contributed by atoms with Crippen molar-refractivity contribution in [1.29, 1.82) is 0 Å². The Hall–Kier alpha value is -2.64. The van der Waals surface area contributed by atoms with Crippen LogP contribution in [-0.2, 0) is 10.0 Å². The van der Waals surface area contributed by atoms with Crippen molar-refractivity contribution >= 4 is 21.6 Å². The smallest absolute Gasteiger partial charge is 0.259 e. The van der Waals surface area contributed by atoms with Crippen molar-refractivity contribution in [3.63, 3.8) is 0 Å². The molecule has 28 heavy (non-hydrogen) atoms. The Morgan fingerprint density at radius 2 is 1.82 bits per heavy atom. The predicted molar refractivity (Wildman–Crippen MR) is 111 cm³/mol. The van der Waals surface area contributed by atoms with Crippen LogP contribution in [0.5, 0.6) is 5.75 Å². The number of rotatable bonds is 10. The molecule has 0 aromatic heterocycles. The second-order valence-corrected chi connectivity index (χ2v) is 8.41. The van der Waals surface area contributed by atoms with E-state index in [2.05, 4.69) is 30.5 Å². The van der Waals surface area contributed by atoms with E-state index in [9.17, 15) is 13.2 Å². The largest absolute Gasteiger partial charge is 0.493 e. The summed E-state index contributed by atoms with van der Waals surface area (Å²) in [6, 6.07) is 13.0. The van der Waals surface area contributed by atoms with Crippen LogP contribution in [0, 0.1) is 5.92 Å². The van der Waals surface area contributed by atoms with E-state index in [0.717, 1.165) is 6.42 Å². The molecule has 1 amide bonds. The standard InChI is InChI=1S/C21H26N2O4S/c1-4-14-22-28(25,26)18-11-9-17(10-12-18)23-21(24)19-7-5-6-8-20(19)27-15-13-16(2)3/h4-12,16,22H,1,13-15H2,2-3H3,(H,23,24). The number of carbonyl (C=O) groups excluding carboxylic acids is 1. The van der Waals surface area contributed by atoms with E-state index in [1.807, 2.05) is 6.07 Å². The minimum Gasteiger partial charge on any atom is -0.493 e. The zero-order valence-electron chi connectivity index (χ0n) is 16.1. The van der Waals surface area contributed by atoms with Gasteiger partial charge >= 0.3 is 0 Å². The van der Waals surface area contributed by atoms with Gasteiger partial charge < -0.3 is 10.1 Å². The van der Waals surface area contributed by atoms with Gasteiger partial charge in [-0.3, -0.25) is 4.79 Å². The van der Waals surface area contributed by atoms with Crippen molar-refractivity contribution in [3.05, 3.63) is 66.7 Å². The first-order chi connectivity index (χ1) is 13.3. The van der Waals surface area contributed by atoms with Crippen molar-refractivity contribution in [2.45, 2.75) is 25.2 Å². The number of hydrogen-bond acceptors (Lipinski definition) is 4. The Morgan fingerprint density at radius 3 is 2.46 bits per heavy atom. The summed E-state index contributed by atoms with van der Waals surface area (Å²) in [5.41, 5.74) is 0.917. The third kappa shape index (κ3) is 6.21. The number of para-hydroxylation sites is 1. The topological polar surface area (TPSA) is 84.5 Å². The summed E-state index contributed by atoms with van der Waals surface area (Å²) < 4.78 is 32.3. The van der Waals surface area contributed by atoms with Crippen LogP contribution < -0.4 is 14.8 Å². The Morgan fingerprint density at radius 1 is 1.14 bits per heavy atom. The summed E-state index contributed by atoms with van der Waals surface area (Å²) in [6.45, 7) is 8.38. The van der Waals surface area contributed by atoms with Crippen LogP contribution in [0.4, 0.5) is 5.69 Å². The second-order valence-electron chi connectivity index (χ2n) is 6.65. The molecular formula is C21H26N2O4S. The number of amides is 1. The van der Waals surface area contributed by atoms with E-state index in [-0.39, 0.29) is 17.3 Å². The average molecular weight is 403 g/mol. The van der Waals surface area contributed by atoms with E-state index < -0.39 is 10.0 Å². The van der Waals surface area contributed by atoms with Gasteiger partial charge in [-0.1, -0.05) is 32.1 Å². The van der Waals surface area contributed by atoms with E-state index >= 15 is 0 Å². The van der Waals surface area contributed by atoms with Crippen LogP contribution in [0.3, 0.4) is 0 Å². The van der Waals surface area contributed by atoms with Crippen LogP contribution in [0.15, 0.2) is 66.1 Å². The van der Waals surface area contributed by atoms with Crippen molar-refractivity contribution in [2.24, 2.45) is 5.92 Å². The van der Waals surface area contributed by atoms with Crippen LogP contribution in [0.25, 0.3) is 0 Å². The quantitative estimate of drug-likeness (QED) is 0.592. The van der Waals surface area contributed by atoms with Crippen molar-refractivity contribution in [1.82, 2.24) is 4.72 Å². The first-order valence-electron chi connectivity index (χ1n) is 9.07. The maximum absolute atomic E-state index is 12.6. The summed E-state index contributed by atoms with van der Waals surface area (Å²) in [7, 11) is -3.60. The molecule has 0 spiro atoms. The normalized spacial score (nSPS) is 11.2. The molecule has 0 radical (unpaired) electrons. The van der Waals surface area contributed by atoms with Crippen LogP contribution in [-0.4, -0.2) is 27.5 Å². The average Bonchev–Trinajstić information content (AvgIpc) is 2.67. The highest BCUT2D eigenvalue weighted by Crippen LogP contribution is 2.21. The molecule has 0 unspecified atom stereocenters. The summed E-state index contributed by atoms with van der Waals surface area (Å²) in [5, 5.41) is 2.77. The molecule has 2 rings (SSSR count). The third-order valence-electron chi connectivity index (χ3n) is 3.92. The summed E-state index contributed by atoms with van der Waals surface area (Å²) in [6.07, 6.45) is 2.36. The van der Waals surface area contributed by atoms with Gasteiger partial charge in [0.25, 0.3) is 5.91 Å². The lowest BCUT2D eigenvalue weighted by Crippen LogP contribution is -2.23.